The summed E-state index contributed by atoms with van der Waals surface area (Å²) in [6.45, 7) is 12.9. The Kier molecular flexibility index (Phi) is 7.29. The number of likely N-dealkylation sites (tertiary alicyclic amines) is 1. The van der Waals surface area contributed by atoms with E-state index in [0.717, 1.165) is 43.2 Å². The maximum atomic E-state index is 4.88. The highest BCUT2D eigenvalue weighted by atomic mass is 15.2. The maximum Gasteiger partial charge on any atom is 0.224 e. The molecule has 0 aromatic carbocycles. The highest BCUT2D eigenvalue weighted by Crippen LogP contribution is 2.34. The minimum absolute atomic E-state index is 0.454. The van der Waals surface area contributed by atoms with Crippen LogP contribution in [-0.2, 0) is 0 Å². The molecular weight excluding hydrogens is 370 g/mol. The molecule has 0 saturated carbocycles. The molecule has 30 heavy (non-hydrogen) atoms. The summed E-state index contributed by atoms with van der Waals surface area (Å²) >= 11 is 0. The van der Waals surface area contributed by atoms with Gasteiger partial charge in [0.1, 0.15) is 5.82 Å². The summed E-state index contributed by atoms with van der Waals surface area (Å²) in [6, 6.07) is 2.53. The minimum atomic E-state index is 0.454. The first kappa shape index (κ1) is 21.6. The zero-order valence-electron chi connectivity index (χ0n) is 19.4. The second-order valence-corrected chi connectivity index (χ2v) is 10.1. The van der Waals surface area contributed by atoms with Crippen molar-refractivity contribution >= 4 is 11.8 Å². The van der Waals surface area contributed by atoms with Crippen LogP contribution in [0.2, 0.25) is 0 Å². The Labute approximate surface area is 183 Å². The number of hydrogen-bond acceptors (Lipinski definition) is 5. The number of hydrogen-bond donors (Lipinski definition) is 1. The molecule has 0 amide bonds. The highest BCUT2D eigenvalue weighted by Gasteiger charge is 2.28. The molecule has 3 unspecified atom stereocenters. The summed E-state index contributed by atoms with van der Waals surface area (Å²) in [7, 11) is 0. The predicted octanol–water partition coefficient (Wildman–Crippen LogP) is 5.12. The van der Waals surface area contributed by atoms with Crippen molar-refractivity contribution in [3.8, 4) is 0 Å². The molecule has 0 bridgehead atoms. The van der Waals surface area contributed by atoms with Crippen LogP contribution in [0, 0.1) is 11.8 Å². The molecule has 3 atom stereocenters. The van der Waals surface area contributed by atoms with Gasteiger partial charge in [-0.3, -0.25) is 0 Å². The number of aromatic nitrogens is 2. The van der Waals surface area contributed by atoms with Crippen LogP contribution >= 0.6 is 0 Å². The van der Waals surface area contributed by atoms with E-state index in [9.17, 15) is 0 Å². The third kappa shape index (κ3) is 5.54. The first-order valence-electron chi connectivity index (χ1n) is 12.3. The summed E-state index contributed by atoms with van der Waals surface area (Å²) < 4.78 is 0. The summed E-state index contributed by atoms with van der Waals surface area (Å²) in [6.07, 6.45) is 12.2. The molecule has 0 radical (unpaired) electrons. The van der Waals surface area contributed by atoms with Gasteiger partial charge in [-0.2, -0.15) is 4.98 Å². The van der Waals surface area contributed by atoms with E-state index in [2.05, 4.69) is 46.9 Å². The van der Waals surface area contributed by atoms with Gasteiger partial charge in [-0.1, -0.05) is 30.9 Å². The number of anilines is 2. The Bertz CT molecular complexity index is 722. The van der Waals surface area contributed by atoms with Crippen molar-refractivity contribution in [2.75, 3.05) is 42.9 Å². The second kappa shape index (κ2) is 10.1. The molecule has 2 saturated heterocycles. The van der Waals surface area contributed by atoms with Crippen LogP contribution in [0.3, 0.4) is 0 Å². The van der Waals surface area contributed by atoms with Crippen LogP contribution < -0.4 is 10.2 Å². The van der Waals surface area contributed by atoms with E-state index in [0.29, 0.717) is 6.04 Å². The average Bonchev–Trinajstić information content (AvgIpc) is 3.02. The van der Waals surface area contributed by atoms with Crippen molar-refractivity contribution < 1.29 is 0 Å². The van der Waals surface area contributed by atoms with Crippen LogP contribution in [0.4, 0.5) is 11.8 Å². The van der Waals surface area contributed by atoms with Gasteiger partial charge in [-0.25, -0.2) is 4.98 Å². The average molecular weight is 412 g/mol. The van der Waals surface area contributed by atoms with Crippen LogP contribution in [0.25, 0.3) is 0 Å². The Balaban J connectivity index is 1.33. The van der Waals surface area contributed by atoms with E-state index in [4.69, 9.17) is 4.98 Å². The largest absolute Gasteiger partial charge is 0.356 e. The van der Waals surface area contributed by atoms with Gasteiger partial charge >= 0.3 is 0 Å². The topological polar surface area (TPSA) is 44.3 Å². The molecule has 5 nitrogen and oxygen atoms in total. The molecule has 5 heteroatoms. The lowest BCUT2D eigenvalue weighted by molar-refractivity contribution is 0.156. The van der Waals surface area contributed by atoms with Gasteiger partial charge in [0.2, 0.25) is 5.95 Å². The lowest BCUT2D eigenvalue weighted by atomic mass is 9.77. The van der Waals surface area contributed by atoms with E-state index in [1.807, 2.05) is 6.20 Å². The molecular formula is C25H41N5. The fourth-order valence-corrected chi connectivity index (χ4v) is 5.59. The van der Waals surface area contributed by atoms with Crippen LogP contribution in [0.5, 0.6) is 0 Å². The van der Waals surface area contributed by atoms with Gasteiger partial charge in [0.15, 0.2) is 0 Å². The third-order valence-corrected chi connectivity index (χ3v) is 7.63. The molecule has 166 valence electrons. The smallest absolute Gasteiger partial charge is 0.224 e. The van der Waals surface area contributed by atoms with E-state index in [1.165, 1.54) is 64.5 Å². The fraction of sp³-hybridized carbons (Fsp3) is 0.760. The lowest BCUT2D eigenvalue weighted by Gasteiger charge is -2.39. The van der Waals surface area contributed by atoms with Crippen molar-refractivity contribution in [3.05, 3.63) is 23.4 Å². The van der Waals surface area contributed by atoms with Gasteiger partial charge in [-0.05, 0) is 76.8 Å². The first-order chi connectivity index (χ1) is 14.6. The minimum Gasteiger partial charge on any atom is -0.356 e. The van der Waals surface area contributed by atoms with Crippen LogP contribution in [0.15, 0.2) is 23.4 Å². The van der Waals surface area contributed by atoms with Crippen molar-refractivity contribution in [3.63, 3.8) is 0 Å². The van der Waals surface area contributed by atoms with Gasteiger partial charge in [0, 0.05) is 38.4 Å². The fourth-order valence-electron chi connectivity index (χ4n) is 5.59. The molecule has 3 heterocycles. The van der Waals surface area contributed by atoms with E-state index < -0.39 is 0 Å². The van der Waals surface area contributed by atoms with Gasteiger partial charge in [0.25, 0.3) is 0 Å². The molecule has 1 N–H and O–H groups in total. The molecule has 1 aromatic heterocycles. The molecule has 4 rings (SSSR count). The summed E-state index contributed by atoms with van der Waals surface area (Å²) in [4.78, 5) is 14.6. The molecule has 1 aliphatic carbocycles. The standard InChI is InChI=1S/C25H41N5/c1-19-15-21(3)22(16-20(19)2)17-29-12-8-9-23(18-29)27-25-26-11-10-24(28-25)30-13-6-4-5-7-14-30/h10-11,21-23H,4-9,12-18H2,1-3H3,(H,26,27,28). The normalized spacial score (nSPS) is 29.0. The van der Waals surface area contributed by atoms with E-state index in [1.54, 1.807) is 11.1 Å². The van der Waals surface area contributed by atoms with Crippen molar-refractivity contribution in [1.82, 2.24) is 14.9 Å². The Morgan fingerprint density at radius 2 is 1.77 bits per heavy atom. The van der Waals surface area contributed by atoms with Gasteiger partial charge < -0.3 is 15.1 Å². The number of nitrogens with one attached hydrogen (secondary N) is 1. The zero-order chi connectivity index (χ0) is 20.9. The number of allylic oxidation sites excluding steroid dienone is 2. The molecule has 2 fully saturated rings. The van der Waals surface area contributed by atoms with Crippen molar-refractivity contribution in [1.29, 1.82) is 0 Å². The molecule has 1 aromatic rings. The number of piperidine rings is 1. The summed E-state index contributed by atoms with van der Waals surface area (Å²) in [5.74, 6) is 3.51. The van der Waals surface area contributed by atoms with Crippen LogP contribution in [-0.4, -0.2) is 53.6 Å². The number of rotatable bonds is 5. The van der Waals surface area contributed by atoms with E-state index in [-0.39, 0.29) is 0 Å². The number of nitrogens with zero attached hydrogens (tertiary/aromatic N) is 4. The molecule has 0 spiro atoms. The quantitative estimate of drug-likeness (QED) is 0.682. The van der Waals surface area contributed by atoms with Gasteiger partial charge in [0.05, 0.1) is 0 Å². The maximum absolute atomic E-state index is 4.88. The Hall–Kier alpha value is -1.62. The molecule has 2 aliphatic heterocycles. The summed E-state index contributed by atoms with van der Waals surface area (Å²) in [5.41, 5.74) is 3.25. The van der Waals surface area contributed by atoms with Crippen molar-refractivity contribution in [2.24, 2.45) is 11.8 Å². The lowest BCUT2D eigenvalue weighted by Crippen LogP contribution is -2.45. The Morgan fingerprint density at radius 3 is 2.57 bits per heavy atom. The van der Waals surface area contributed by atoms with Gasteiger partial charge in [-0.15, -0.1) is 0 Å². The SMILES string of the molecule is CC1=C(C)CC(CN2CCCC(Nc3nccc(N4CCCCCC4)n3)C2)C(C)C1. The molecule has 3 aliphatic rings. The summed E-state index contributed by atoms with van der Waals surface area (Å²) in [5, 5.41) is 3.67. The van der Waals surface area contributed by atoms with Crippen molar-refractivity contribution in [2.45, 2.75) is 78.2 Å². The Morgan fingerprint density at radius 1 is 1.00 bits per heavy atom. The highest BCUT2D eigenvalue weighted by molar-refractivity contribution is 5.43. The second-order valence-electron chi connectivity index (χ2n) is 10.1. The van der Waals surface area contributed by atoms with E-state index >= 15 is 0 Å². The predicted molar refractivity (Wildman–Crippen MR) is 126 cm³/mol. The van der Waals surface area contributed by atoms with Crippen LogP contribution in [0.1, 0.15) is 72.1 Å². The zero-order valence-corrected chi connectivity index (χ0v) is 19.4. The first-order valence-corrected chi connectivity index (χ1v) is 12.3. The monoisotopic (exact) mass is 411 g/mol. The third-order valence-electron chi connectivity index (χ3n) is 7.63.